The van der Waals surface area contributed by atoms with Crippen molar-refractivity contribution in [3.8, 4) is 11.5 Å². The number of sulfonamides is 2. The molecular weight excluding hydrogens is 506 g/mol. The van der Waals surface area contributed by atoms with Crippen molar-refractivity contribution in [2.24, 2.45) is 0 Å². The standard InChI is InChI=1S/C24H25N3O7S2/c1-16-8-13-21(33-2)19(14-16)26-36(31,32)18-11-9-17(10-12-18)25-24(28)23-15-27(35(3,29)30)20-6-4-5-7-22(20)34-23/h4-14,23,26H,15H2,1-3H3,(H,25,28)/t23-/m1/s1. The number of benzene rings is 3. The number of anilines is 3. The molecular formula is C24H25N3O7S2. The summed E-state index contributed by atoms with van der Waals surface area (Å²) < 4.78 is 64.9. The number of amides is 1. The lowest BCUT2D eigenvalue weighted by molar-refractivity contribution is -0.122. The van der Waals surface area contributed by atoms with E-state index in [-0.39, 0.29) is 17.2 Å². The van der Waals surface area contributed by atoms with Crippen molar-refractivity contribution < 1.29 is 31.1 Å². The zero-order valence-corrected chi connectivity index (χ0v) is 21.4. The monoisotopic (exact) mass is 531 g/mol. The van der Waals surface area contributed by atoms with Crippen LogP contribution in [-0.4, -0.2) is 48.8 Å². The van der Waals surface area contributed by atoms with Crippen LogP contribution in [0.25, 0.3) is 0 Å². The Kier molecular flexibility index (Phi) is 6.83. The molecule has 0 spiro atoms. The number of methoxy groups -OCH3 is 1. The summed E-state index contributed by atoms with van der Waals surface area (Å²) in [5.41, 5.74) is 1.84. The highest BCUT2D eigenvalue weighted by atomic mass is 32.2. The summed E-state index contributed by atoms with van der Waals surface area (Å²) in [6.45, 7) is 1.63. The van der Waals surface area contributed by atoms with Gasteiger partial charge < -0.3 is 14.8 Å². The minimum atomic E-state index is -3.93. The Balaban J connectivity index is 1.49. The molecule has 0 fully saturated rings. The van der Waals surface area contributed by atoms with Crippen LogP contribution in [-0.2, 0) is 24.8 Å². The van der Waals surface area contributed by atoms with Gasteiger partial charge in [-0.15, -0.1) is 0 Å². The largest absolute Gasteiger partial charge is 0.495 e. The lowest BCUT2D eigenvalue weighted by Crippen LogP contribution is -2.48. The van der Waals surface area contributed by atoms with Crippen LogP contribution in [0.4, 0.5) is 17.1 Å². The fourth-order valence-corrected chi connectivity index (χ4v) is 5.67. The van der Waals surface area contributed by atoms with Gasteiger partial charge in [-0.3, -0.25) is 13.8 Å². The van der Waals surface area contributed by atoms with Gasteiger partial charge in [0.1, 0.15) is 11.5 Å². The molecule has 4 rings (SSSR count). The minimum absolute atomic E-state index is 0.0184. The topological polar surface area (TPSA) is 131 Å². The number of carbonyl (C=O) groups is 1. The first-order valence-corrected chi connectivity index (χ1v) is 14.1. The molecule has 0 unspecified atom stereocenters. The summed E-state index contributed by atoms with van der Waals surface area (Å²) in [6, 6.07) is 17.2. The zero-order valence-electron chi connectivity index (χ0n) is 19.8. The SMILES string of the molecule is COc1ccc(C)cc1NS(=O)(=O)c1ccc(NC(=O)[C@H]2CN(S(C)(=O)=O)c3ccccc3O2)cc1. The van der Waals surface area contributed by atoms with Gasteiger partial charge in [0.05, 0.1) is 36.2 Å². The smallest absolute Gasteiger partial charge is 0.267 e. The van der Waals surface area contributed by atoms with Crippen molar-refractivity contribution in [2.75, 3.05) is 34.3 Å². The first kappa shape index (κ1) is 25.3. The predicted molar refractivity (Wildman–Crippen MR) is 137 cm³/mol. The molecule has 3 aromatic carbocycles. The van der Waals surface area contributed by atoms with Gasteiger partial charge in [-0.1, -0.05) is 18.2 Å². The molecule has 0 aliphatic carbocycles. The predicted octanol–water partition coefficient (Wildman–Crippen LogP) is 2.97. The van der Waals surface area contributed by atoms with Crippen LogP contribution in [0.15, 0.2) is 71.6 Å². The van der Waals surface area contributed by atoms with E-state index in [1.807, 2.05) is 6.92 Å². The zero-order chi connectivity index (χ0) is 26.1. The van der Waals surface area contributed by atoms with E-state index in [9.17, 15) is 21.6 Å². The van der Waals surface area contributed by atoms with Crippen LogP contribution in [0.3, 0.4) is 0 Å². The lowest BCUT2D eigenvalue weighted by Gasteiger charge is -2.33. The van der Waals surface area contributed by atoms with Gasteiger partial charge >= 0.3 is 0 Å². The minimum Gasteiger partial charge on any atom is -0.495 e. The summed E-state index contributed by atoms with van der Waals surface area (Å²) in [5, 5.41) is 2.65. The van der Waals surface area contributed by atoms with Crippen LogP contribution in [0, 0.1) is 6.92 Å². The third-order valence-corrected chi connectivity index (χ3v) is 7.99. The van der Waals surface area contributed by atoms with Crippen LogP contribution >= 0.6 is 0 Å². The molecule has 1 heterocycles. The second-order valence-electron chi connectivity index (χ2n) is 8.19. The van der Waals surface area contributed by atoms with Crippen LogP contribution < -0.4 is 23.8 Å². The highest BCUT2D eigenvalue weighted by Crippen LogP contribution is 2.35. The number of ether oxygens (including phenoxy) is 2. The fourth-order valence-electron chi connectivity index (χ4n) is 3.70. The third kappa shape index (κ3) is 5.39. The molecule has 12 heteroatoms. The van der Waals surface area contributed by atoms with E-state index in [0.717, 1.165) is 16.1 Å². The van der Waals surface area contributed by atoms with Gasteiger partial charge in [-0.2, -0.15) is 0 Å². The van der Waals surface area contributed by atoms with Gasteiger partial charge in [0, 0.05) is 5.69 Å². The van der Waals surface area contributed by atoms with Gasteiger partial charge in [0.15, 0.2) is 6.10 Å². The van der Waals surface area contributed by atoms with Crippen LogP contribution in [0.2, 0.25) is 0 Å². The normalized spacial score (nSPS) is 15.4. The maximum atomic E-state index is 12.9. The molecule has 0 saturated carbocycles. The average molecular weight is 532 g/mol. The van der Waals surface area contributed by atoms with Crippen molar-refractivity contribution in [3.05, 3.63) is 72.3 Å². The number of aryl methyl sites for hydroxylation is 1. The van der Waals surface area contributed by atoms with E-state index < -0.39 is 32.1 Å². The summed E-state index contributed by atoms with van der Waals surface area (Å²) >= 11 is 0. The second kappa shape index (κ2) is 9.70. The number of hydrogen-bond donors (Lipinski definition) is 2. The van der Waals surface area contributed by atoms with Crippen LogP contribution in [0.1, 0.15) is 5.56 Å². The Hall–Kier alpha value is -3.77. The van der Waals surface area contributed by atoms with Gasteiger partial charge in [-0.05, 0) is 61.0 Å². The van der Waals surface area contributed by atoms with E-state index in [1.165, 1.54) is 31.4 Å². The Morgan fingerprint density at radius 3 is 2.39 bits per heavy atom. The first-order chi connectivity index (χ1) is 17.0. The number of fused-ring (bicyclic) bond motifs is 1. The fraction of sp³-hybridized carbons (Fsp3) is 0.208. The maximum absolute atomic E-state index is 12.9. The van der Waals surface area contributed by atoms with Gasteiger partial charge in [0.25, 0.3) is 15.9 Å². The highest BCUT2D eigenvalue weighted by molar-refractivity contribution is 7.92. The molecule has 3 aromatic rings. The molecule has 1 amide bonds. The molecule has 0 bridgehead atoms. The number of nitrogens with zero attached hydrogens (tertiary/aromatic N) is 1. The quantitative estimate of drug-likeness (QED) is 0.479. The Morgan fingerprint density at radius 2 is 1.72 bits per heavy atom. The van der Waals surface area contributed by atoms with Gasteiger partial charge in [0.2, 0.25) is 10.0 Å². The molecule has 2 N–H and O–H groups in total. The highest BCUT2D eigenvalue weighted by Gasteiger charge is 2.35. The summed E-state index contributed by atoms with van der Waals surface area (Å²) in [5.74, 6) is 0.0788. The summed E-state index contributed by atoms with van der Waals surface area (Å²) in [6.07, 6.45) is -0.0441. The molecule has 36 heavy (non-hydrogen) atoms. The number of para-hydroxylation sites is 2. The van der Waals surface area contributed by atoms with E-state index in [4.69, 9.17) is 9.47 Å². The van der Waals surface area contributed by atoms with E-state index in [0.29, 0.717) is 22.8 Å². The number of hydrogen-bond acceptors (Lipinski definition) is 7. The van der Waals surface area contributed by atoms with Crippen molar-refractivity contribution in [1.82, 2.24) is 0 Å². The molecule has 1 aliphatic rings. The first-order valence-electron chi connectivity index (χ1n) is 10.8. The third-order valence-electron chi connectivity index (χ3n) is 5.46. The lowest BCUT2D eigenvalue weighted by atomic mass is 10.2. The number of rotatable bonds is 7. The van der Waals surface area contributed by atoms with Gasteiger partial charge in [-0.25, -0.2) is 16.8 Å². The number of carbonyl (C=O) groups excluding carboxylic acids is 1. The Bertz CT molecular complexity index is 1500. The van der Waals surface area contributed by atoms with E-state index in [1.54, 1.807) is 42.5 Å². The van der Waals surface area contributed by atoms with Crippen molar-refractivity contribution in [1.29, 1.82) is 0 Å². The maximum Gasteiger partial charge on any atom is 0.267 e. The second-order valence-corrected chi connectivity index (χ2v) is 11.8. The molecule has 0 radical (unpaired) electrons. The summed E-state index contributed by atoms with van der Waals surface area (Å²) in [4.78, 5) is 12.9. The van der Waals surface area contributed by atoms with Crippen LogP contribution in [0.5, 0.6) is 11.5 Å². The molecule has 0 aromatic heterocycles. The van der Waals surface area contributed by atoms with Crippen molar-refractivity contribution >= 4 is 43.0 Å². The molecule has 1 atom stereocenters. The number of nitrogens with one attached hydrogen (secondary N) is 2. The molecule has 0 saturated heterocycles. The Labute approximate surface area is 209 Å². The van der Waals surface area contributed by atoms with E-state index in [2.05, 4.69) is 10.0 Å². The molecule has 10 nitrogen and oxygen atoms in total. The van der Waals surface area contributed by atoms with E-state index >= 15 is 0 Å². The van der Waals surface area contributed by atoms with Crippen molar-refractivity contribution in [3.63, 3.8) is 0 Å². The average Bonchev–Trinajstić information content (AvgIpc) is 2.83. The van der Waals surface area contributed by atoms with Crippen molar-refractivity contribution in [2.45, 2.75) is 17.9 Å². The summed E-state index contributed by atoms with van der Waals surface area (Å²) in [7, 11) is -6.12. The Morgan fingerprint density at radius 1 is 1.03 bits per heavy atom. The molecule has 1 aliphatic heterocycles. The molecule has 190 valence electrons.